The quantitative estimate of drug-likeness (QED) is 0.291. The molecule has 0 radical (unpaired) electrons. The number of unbranched alkanes of at least 4 members (excludes halogenated alkanes) is 1. The van der Waals surface area contributed by atoms with Crippen LogP contribution in [-0.2, 0) is 17.7 Å². The molecule has 0 saturated carbocycles. The van der Waals surface area contributed by atoms with E-state index in [0.29, 0.717) is 12.4 Å². The number of para-hydroxylation sites is 1. The molecule has 156 valence electrons. The summed E-state index contributed by atoms with van der Waals surface area (Å²) in [5.74, 6) is 1.49. The fourth-order valence-electron chi connectivity index (χ4n) is 3.62. The number of ether oxygens (including phenoxy) is 1. The Balaban J connectivity index is 1.49. The molecule has 3 N–H and O–H groups in total. The first-order chi connectivity index (χ1) is 14.8. The lowest BCUT2D eigenvalue weighted by atomic mass is 10.2. The molecule has 7 heteroatoms. The van der Waals surface area contributed by atoms with Gasteiger partial charge in [0.1, 0.15) is 11.3 Å². The summed E-state index contributed by atoms with van der Waals surface area (Å²) >= 11 is 1.68. The van der Waals surface area contributed by atoms with Gasteiger partial charge in [-0.2, -0.15) is 0 Å². The van der Waals surface area contributed by atoms with Crippen LogP contribution >= 0.6 is 11.9 Å². The highest BCUT2D eigenvalue weighted by Crippen LogP contribution is 2.29. The van der Waals surface area contributed by atoms with E-state index in [0.717, 1.165) is 60.1 Å². The number of aryl methyl sites for hydroxylation is 1. The van der Waals surface area contributed by atoms with Crippen molar-refractivity contribution in [2.24, 2.45) is 0 Å². The van der Waals surface area contributed by atoms with Gasteiger partial charge >= 0.3 is 0 Å². The van der Waals surface area contributed by atoms with Crippen LogP contribution in [-0.4, -0.2) is 34.8 Å². The molecule has 4 aromatic rings. The number of benzene rings is 2. The molecule has 2 aromatic carbocycles. The molecule has 6 nitrogen and oxygen atoms in total. The van der Waals surface area contributed by atoms with Gasteiger partial charge in [-0.25, -0.2) is 9.97 Å². The number of rotatable bonds is 10. The summed E-state index contributed by atoms with van der Waals surface area (Å²) in [6.07, 6.45) is 2.87. The van der Waals surface area contributed by atoms with E-state index in [1.807, 2.05) is 24.3 Å². The van der Waals surface area contributed by atoms with E-state index in [2.05, 4.69) is 44.6 Å². The number of aromatic nitrogens is 3. The summed E-state index contributed by atoms with van der Waals surface area (Å²) < 4.78 is 11.1. The van der Waals surface area contributed by atoms with Gasteiger partial charge in [-0.05, 0) is 43.0 Å². The molecule has 2 heterocycles. The van der Waals surface area contributed by atoms with Crippen molar-refractivity contribution < 1.29 is 4.74 Å². The number of hydrogen-bond donors (Lipinski definition) is 2. The molecule has 4 rings (SSSR count). The van der Waals surface area contributed by atoms with E-state index in [-0.39, 0.29) is 0 Å². The van der Waals surface area contributed by atoms with Crippen molar-refractivity contribution in [1.29, 1.82) is 0 Å². The lowest BCUT2D eigenvalue weighted by molar-refractivity contribution is 0.199. The lowest BCUT2D eigenvalue weighted by Crippen LogP contribution is -2.10. The molecule has 2 aromatic heterocycles. The Morgan fingerprint density at radius 2 is 1.83 bits per heavy atom. The molecule has 0 bridgehead atoms. The van der Waals surface area contributed by atoms with Crippen molar-refractivity contribution >= 4 is 39.7 Å². The molecular formula is C23H27N5OS. The third-order valence-corrected chi connectivity index (χ3v) is 5.92. The van der Waals surface area contributed by atoms with Crippen LogP contribution in [0.1, 0.15) is 18.7 Å². The van der Waals surface area contributed by atoms with E-state index >= 15 is 0 Å². The van der Waals surface area contributed by atoms with E-state index in [9.17, 15) is 0 Å². The van der Waals surface area contributed by atoms with E-state index in [1.165, 1.54) is 4.90 Å². The maximum absolute atomic E-state index is 6.25. The van der Waals surface area contributed by atoms with Gasteiger partial charge in [0, 0.05) is 36.9 Å². The fraction of sp³-hybridized carbons (Fsp3) is 0.304. The number of imidazole rings is 1. The second kappa shape index (κ2) is 9.93. The average molecular weight is 422 g/mol. The van der Waals surface area contributed by atoms with Crippen molar-refractivity contribution in [1.82, 2.24) is 19.3 Å². The minimum atomic E-state index is 0.488. The maximum Gasteiger partial charge on any atom is 0.152 e. The molecule has 0 saturated heterocycles. The van der Waals surface area contributed by atoms with E-state index < -0.39 is 0 Å². The monoisotopic (exact) mass is 421 g/mol. The predicted molar refractivity (Wildman–Crippen MR) is 125 cm³/mol. The molecule has 30 heavy (non-hydrogen) atoms. The summed E-state index contributed by atoms with van der Waals surface area (Å²) in [4.78, 5) is 10.6. The van der Waals surface area contributed by atoms with Crippen molar-refractivity contribution in [3.05, 3.63) is 60.4 Å². The molecule has 0 aliphatic rings. The third-order valence-electron chi connectivity index (χ3n) is 5.06. The summed E-state index contributed by atoms with van der Waals surface area (Å²) in [6.45, 7) is 2.47. The highest BCUT2D eigenvalue weighted by Gasteiger charge is 2.16. The van der Waals surface area contributed by atoms with Gasteiger partial charge in [-0.3, -0.25) is 4.72 Å². The van der Waals surface area contributed by atoms with Gasteiger partial charge in [0.25, 0.3) is 0 Å². The van der Waals surface area contributed by atoms with Crippen LogP contribution in [0.5, 0.6) is 0 Å². The highest BCUT2D eigenvalue weighted by atomic mass is 32.2. The number of methoxy groups -OCH3 is 1. The first kappa shape index (κ1) is 20.7. The average Bonchev–Trinajstić information content (AvgIpc) is 3.15. The van der Waals surface area contributed by atoms with Crippen LogP contribution in [0.3, 0.4) is 0 Å². The SMILES string of the molecule is COCCc1nc2c(N)nc3ccccc3c2n1CCCCNSc1ccccc1. The van der Waals surface area contributed by atoms with Gasteiger partial charge in [0.15, 0.2) is 5.82 Å². The number of nitrogen functional groups attached to an aromatic ring is 1. The smallest absolute Gasteiger partial charge is 0.152 e. The highest BCUT2D eigenvalue weighted by molar-refractivity contribution is 7.97. The number of hydrogen-bond acceptors (Lipinski definition) is 6. The van der Waals surface area contributed by atoms with Gasteiger partial charge < -0.3 is 15.0 Å². The standard InChI is InChI=1S/C23H27N5OS/c1-29-16-13-20-27-21-22(18-11-5-6-12-19(18)26-23(21)24)28(20)15-8-7-14-25-30-17-9-3-2-4-10-17/h2-6,9-12,25H,7-8,13-16H2,1H3,(H2,24,26). The van der Waals surface area contributed by atoms with Crippen LogP contribution < -0.4 is 10.5 Å². The predicted octanol–water partition coefficient (Wildman–Crippen LogP) is 4.43. The number of nitrogens with zero attached hydrogens (tertiary/aromatic N) is 3. The minimum Gasteiger partial charge on any atom is -0.384 e. The summed E-state index contributed by atoms with van der Waals surface area (Å²) in [7, 11) is 1.72. The Kier molecular flexibility index (Phi) is 6.84. The second-order valence-corrected chi connectivity index (χ2v) is 8.11. The van der Waals surface area contributed by atoms with E-state index in [4.69, 9.17) is 15.5 Å². The van der Waals surface area contributed by atoms with Crippen molar-refractivity contribution in [2.75, 3.05) is 26.0 Å². The van der Waals surface area contributed by atoms with Crippen LogP contribution in [0, 0.1) is 0 Å². The van der Waals surface area contributed by atoms with Crippen molar-refractivity contribution in [3.63, 3.8) is 0 Å². The van der Waals surface area contributed by atoms with Crippen LogP contribution in [0.2, 0.25) is 0 Å². The maximum atomic E-state index is 6.25. The first-order valence-corrected chi connectivity index (χ1v) is 11.1. The number of pyridine rings is 1. The topological polar surface area (TPSA) is 78.0 Å². The Labute approximate surface area is 181 Å². The van der Waals surface area contributed by atoms with Crippen LogP contribution in [0.15, 0.2) is 59.5 Å². The van der Waals surface area contributed by atoms with Gasteiger partial charge in [0.2, 0.25) is 0 Å². The van der Waals surface area contributed by atoms with Gasteiger partial charge in [-0.1, -0.05) is 36.4 Å². The number of anilines is 1. The molecule has 0 amide bonds. The number of nitrogens with one attached hydrogen (secondary N) is 1. The Bertz CT molecular complexity index is 1110. The number of nitrogens with two attached hydrogens (primary N) is 1. The zero-order valence-corrected chi connectivity index (χ0v) is 18.0. The lowest BCUT2D eigenvalue weighted by Gasteiger charge is -2.11. The third kappa shape index (κ3) is 4.59. The zero-order chi connectivity index (χ0) is 20.8. The molecule has 0 fully saturated rings. The van der Waals surface area contributed by atoms with Crippen molar-refractivity contribution in [2.45, 2.75) is 30.7 Å². The molecule has 0 aliphatic heterocycles. The van der Waals surface area contributed by atoms with Gasteiger partial charge in [0.05, 0.1) is 17.6 Å². The van der Waals surface area contributed by atoms with Gasteiger partial charge in [-0.15, -0.1) is 0 Å². The molecule has 0 atom stereocenters. The van der Waals surface area contributed by atoms with Crippen molar-refractivity contribution in [3.8, 4) is 0 Å². The Morgan fingerprint density at radius 1 is 1.03 bits per heavy atom. The molecular weight excluding hydrogens is 394 g/mol. The normalized spacial score (nSPS) is 11.5. The Hall–Kier alpha value is -2.61. The number of fused-ring (bicyclic) bond motifs is 3. The summed E-state index contributed by atoms with van der Waals surface area (Å²) in [6, 6.07) is 18.5. The summed E-state index contributed by atoms with van der Waals surface area (Å²) in [5, 5.41) is 1.09. The molecule has 0 aliphatic carbocycles. The second-order valence-electron chi connectivity index (χ2n) is 7.15. The largest absolute Gasteiger partial charge is 0.384 e. The van der Waals surface area contributed by atoms with Crippen LogP contribution in [0.25, 0.3) is 21.9 Å². The molecule has 0 unspecified atom stereocenters. The molecule has 0 spiro atoms. The van der Waals surface area contributed by atoms with Crippen LogP contribution in [0.4, 0.5) is 5.82 Å². The first-order valence-electron chi connectivity index (χ1n) is 10.2. The van der Waals surface area contributed by atoms with E-state index in [1.54, 1.807) is 19.1 Å². The fourth-order valence-corrected chi connectivity index (χ4v) is 4.33. The Morgan fingerprint density at radius 3 is 2.67 bits per heavy atom. The zero-order valence-electron chi connectivity index (χ0n) is 17.2. The summed E-state index contributed by atoms with van der Waals surface area (Å²) in [5.41, 5.74) is 9.03. The minimum absolute atomic E-state index is 0.488.